The predicted octanol–water partition coefficient (Wildman–Crippen LogP) is 1.61. The molecule has 5 nitrogen and oxygen atoms in total. The van der Waals surface area contributed by atoms with Crippen LogP contribution in [0.15, 0.2) is 23.0 Å². The second-order valence-corrected chi connectivity index (χ2v) is 4.29. The van der Waals surface area contributed by atoms with Crippen molar-refractivity contribution in [1.82, 2.24) is 15.1 Å². The van der Waals surface area contributed by atoms with E-state index in [1.807, 2.05) is 0 Å². The summed E-state index contributed by atoms with van der Waals surface area (Å²) in [6.07, 6.45) is 5.32. The van der Waals surface area contributed by atoms with Gasteiger partial charge in [0, 0.05) is 6.20 Å². The molecule has 1 fully saturated rings. The minimum absolute atomic E-state index is 0.150. The van der Waals surface area contributed by atoms with Crippen LogP contribution in [-0.4, -0.2) is 15.1 Å². The Morgan fingerprint density at radius 1 is 1.41 bits per heavy atom. The van der Waals surface area contributed by atoms with Crippen LogP contribution in [-0.2, 0) is 5.54 Å². The van der Waals surface area contributed by atoms with Gasteiger partial charge in [-0.05, 0) is 25.3 Å². The van der Waals surface area contributed by atoms with Gasteiger partial charge < -0.3 is 10.3 Å². The zero-order chi connectivity index (χ0) is 11.9. The number of halogens is 1. The van der Waals surface area contributed by atoms with Crippen LogP contribution in [0.25, 0.3) is 11.5 Å². The van der Waals surface area contributed by atoms with E-state index in [4.69, 9.17) is 10.3 Å². The highest BCUT2D eigenvalue weighted by atomic mass is 19.1. The monoisotopic (exact) mass is 234 g/mol. The molecule has 0 atom stereocenters. The van der Waals surface area contributed by atoms with Crippen molar-refractivity contribution in [2.75, 3.05) is 0 Å². The first-order valence-corrected chi connectivity index (χ1v) is 5.42. The Morgan fingerprint density at radius 2 is 2.24 bits per heavy atom. The second kappa shape index (κ2) is 3.59. The van der Waals surface area contributed by atoms with Gasteiger partial charge >= 0.3 is 0 Å². The number of nitrogens with zero attached hydrogens (tertiary/aromatic N) is 3. The Bertz CT molecular complexity index is 550. The third-order valence-corrected chi connectivity index (χ3v) is 3.12. The zero-order valence-corrected chi connectivity index (χ0v) is 9.06. The van der Waals surface area contributed by atoms with Crippen molar-refractivity contribution in [2.45, 2.75) is 24.8 Å². The maximum absolute atomic E-state index is 13.5. The van der Waals surface area contributed by atoms with Crippen LogP contribution in [0, 0.1) is 5.82 Å². The van der Waals surface area contributed by atoms with Gasteiger partial charge in [0.1, 0.15) is 0 Å². The topological polar surface area (TPSA) is 77.8 Å². The van der Waals surface area contributed by atoms with Crippen molar-refractivity contribution >= 4 is 0 Å². The van der Waals surface area contributed by atoms with Crippen molar-refractivity contribution in [3.8, 4) is 11.5 Å². The van der Waals surface area contributed by atoms with E-state index in [0.29, 0.717) is 5.82 Å². The van der Waals surface area contributed by atoms with E-state index < -0.39 is 11.4 Å². The third-order valence-electron chi connectivity index (χ3n) is 3.12. The van der Waals surface area contributed by atoms with Crippen LogP contribution in [0.1, 0.15) is 25.1 Å². The van der Waals surface area contributed by atoms with Crippen LogP contribution in [0.4, 0.5) is 4.39 Å². The summed E-state index contributed by atoms with van der Waals surface area (Å²) in [7, 11) is 0. The summed E-state index contributed by atoms with van der Waals surface area (Å²) in [4.78, 5) is 7.83. The molecule has 0 aromatic carbocycles. The van der Waals surface area contributed by atoms with Crippen molar-refractivity contribution in [2.24, 2.45) is 5.73 Å². The standard InChI is InChI=1S/C11H11FN4O/c12-8-6-14-5-2-7(8)9-15-10(16-17-9)11(13)3-1-4-11/h2,5-6H,1,3-4,13H2. The molecule has 2 aromatic heterocycles. The second-order valence-electron chi connectivity index (χ2n) is 4.29. The lowest BCUT2D eigenvalue weighted by atomic mass is 9.77. The normalized spacial score (nSPS) is 17.8. The number of pyridine rings is 1. The van der Waals surface area contributed by atoms with Crippen molar-refractivity contribution in [3.05, 3.63) is 30.1 Å². The Kier molecular flexibility index (Phi) is 2.19. The fraction of sp³-hybridized carbons (Fsp3) is 0.364. The first-order valence-electron chi connectivity index (χ1n) is 5.42. The summed E-state index contributed by atoms with van der Waals surface area (Å²) in [6.45, 7) is 0. The number of hydrogen-bond acceptors (Lipinski definition) is 5. The van der Waals surface area contributed by atoms with Crippen LogP contribution >= 0.6 is 0 Å². The van der Waals surface area contributed by atoms with Crippen LogP contribution in [0.2, 0.25) is 0 Å². The highest BCUT2D eigenvalue weighted by molar-refractivity contribution is 5.52. The van der Waals surface area contributed by atoms with Crippen molar-refractivity contribution in [1.29, 1.82) is 0 Å². The van der Waals surface area contributed by atoms with Gasteiger partial charge in [-0.2, -0.15) is 4.98 Å². The summed E-state index contributed by atoms with van der Waals surface area (Å²) in [5.41, 5.74) is 5.82. The van der Waals surface area contributed by atoms with Gasteiger partial charge in [-0.15, -0.1) is 0 Å². The van der Waals surface area contributed by atoms with Gasteiger partial charge in [-0.25, -0.2) is 4.39 Å². The molecule has 6 heteroatoms. The lowest BCUT2D eigenvalue weighted by molar-refractivity contribution is 0.229. The van der Waals surface area contributed by atoms with Crippen LogP contribution < -0.4 is 5.73 Å². The summed E-state index contributed by atoms with van der Waals surface area (Å²) in [6, 6.07) is 1.50. The Balaban J connectivity index is 1.98. The van der Waals surface area contributed by atoms with Gasteiger partial charge in [0.15, 0.2) is 11.6 Å². The Labute approximate surface area is 96.9 Å². The van der Waals surface area contributed by atoms with Crippen molar-refractivity contribution < 1.29 is 8.91 Å². The first-order chi connectivity index (χ1) is 8.19. The number of rotatable bonds is 2. The molecule has 1 aliphatic rings. The highest BCUT2D eigenvalue weighted by Gasteiger charge is 2.39. The fourth-order valence-electron chi connectivity index (χ4n) is 1.87. The smallest absolute Gasteiger partial charge is 0.261 e. The maximum Gasteiger partial charge on any atom is 0.261 e. The minimum atomic E-state index is -0.495. The van der Waals surface area contributed by atoms with E-state index in [1.165, 1.54) is 12.3 Å². The molecule has 2 aromatic rings. The van der Waals surface area contributed by atoms with Gasteiger partial charge in [0.05, 0.1) is 17.3 Å². The third kappa shape index (κ3) is 1.61. The van der Waals surface area contributed by atoms with Crippen LogP contribution in [0.5, 0.6) is 0 Å². The molecule has 0 radical (unpaired) electrons. The lowest BCUT2D eigenvalue weighted by Crippen LogP contribution is -2.44. The highest BCUT2D eigenvalue weighted by Crippen LogP contribution is 2.37. The molecular formula is C11H11FN4O. The molecule has 17 heavy (non-hydrogen) atoms. The van der Waals surface area contributed by atoms with E-state index >= 15 is 0 Å². The average molecular weight is 234 g/mol. The van der Waals surface area contributed by atoms with Gasteiger partial charge in [-0.3, -0.25) is 4.98 Å². The van der Waals surface area contributed by atoms with E-state index in [0.717, 1.165) is 25.5 Å². The van der Waals surface area contributed by atoms with E-state index in [1.54, 1.807) is 0 Å². The summed E-state index contributed by atoms with van der Waals surface area (Å²) in [5.74, 6) is 0.119. The Hall–Kier alpha value is -1.82. The molecule has 3 rings (SSSR count). The molecule has 0 bridgehead atoms. The predicted molar refractivity (Wildman–Crippen MR) is 57.2 cm³/mol. The molecule has 0 aliphatic heterocycles. The molecule has 0 unspecified atom stereocenters. The molecule has 2 N–H and O–H groups in total. The molecule has 0 spiro atoms. The summed E-state index contributed by atoms with van der Waals surface area (Å²) >= 11 is 0. The zero-order valence-electron chi connectivity index (χ0n) is 9.06. The molecular weight excluding hydrogens is 223 g/mol. The quantitative estimate of drug-likeness (QED) is 0.854. The lowest BCUT2D eigenvalue weighted by Gasteiger charge is -2.34. The maximum atomic E-state index is 13.5. The van der Waals surface area contributed by atoms with Crippen molar-refractivity contribution in [3.63, 3.8) is 0 Å². The van der Waals surface area contributed by atoms with E-state index in [-0.39, 0.29) is 11.5 Å². The molecule has 1 saturated carbocycles. The number of hydrogen-bond donors (Lipinski definition) is 1. The number of nitrogens with two attached hydrogens (primary N) is 1. The number of aromatic nitrogens is 3. The molecule has 2 heterocycles. The van der Waals surface area contributed by atoms with E-state index in [9.17, 15) is 4.39 Å². The largest absolute Gasteiger partial charge is 0.334 e. The van der Waals surface area contributed by atoms with Gasteiger partial charge in [0.25, 0.3) is 5.89 Å². The molecule has 0 saturated heterocycles. The average Bonchev–Trinajstić information content (AvgIpc) is 2.76. The Morgan fingerprint density at radius 3 is 2.88 bits per heavy atom. The van der Waals surface area contributed by atoms with Gasteiger partial charge in [0.2, 0.25) is 0 Å². The summed E-state index contributed by atoms with van der Waals surface area (Å²) < 4.78 is 18.5. The summed E-state index contributed by atoms with van der Waals surface area (Å²) in [5, 5.41) is 3.83. The first kappa shape index (κ1) is 10.3. The fourth-order valence-corrected chi connectivity index (χ4v) is 1.87. The molecule has 88 valence electrons. The van der Waals surface area contributed by atoms with E-state index in [2.05, 4.69) is 15.1 Å². The molecule has 0 amide bonds. The van der Waals surface area contributed by atoms with Crippen LogP contribution in [0.3, 0.4) is 0 Å². The molecule has 1 aliphatic carbocycles. The van der Waals surface area contributed by atoms with Gasteiger partial charge in [-0.1, -0.05) is 5.16 Å². The SMILES string of the molecule is NC1(c2noc(-c3ccncc3F)n2)CCC1. The minimum Gasteiger partial charge on any atom is -0.334 e.